The summed E-state index contributed by atoms with van der Waals surface area (Å²) < 4.78 is 13.3. The van der Waals surface area contributed by atoms with Crippen molar-refractivity contribution in [1.29, 1.82) is 0 Å². The number of primary amides is 1. The Bertz CT molecular complexity index is 4940. The van der Waals surface area contributed by atoms with Gasteiger partial charge in [-0.3, -0.25) is 28.8 Å². The number of methoxy groups -OCH3 is 1. The summed E-state index contributed by atoms with van der Waals surface area (Å²) >= 11 is 22.0. The topological polar surface area (TPSA) is 442 Å². The molecule has 3 fully saturated rings. The second-order valence-corrected chi connectivity index (χ2v) is 28.6. The second-order valence-electron chi connectivity index (χ2n) is 24.5. The standard InChI is InChI=1S/C22H22ClN7O3S.C21H21ClN8O2S.C21H20ClN7O3S/c1-33-16(31)9-11-2-7-14-15(8-11)34-22(26-14)29-20(32)12-3-5-13(6-4-12)30-10-25-17-18(24)27-21(23)28-19(17)30;22-20-27-17(24)16-18(28-20)30(9-25-16)12-4-2-11(3-5-12)19(32)29-21-26-13-6-1-10(8-15(23)31)7-14(13)33-21;22-20-26-17(23)16-18(27-20)29(9-24-16)12-4-2-11(3-5-12)19(32)28-21-25-13-6-1-10(8-15(30)31)7-14(13)33-21/h2,7-8,10,12-13H,3-6,9H2,1H3,(H2,24,27,28)(H,26,29,32);1,6-7,9,11-12H,2-5,8H2,(H2,23,31)(H2,24,27,28)(H,26,29,32);1,6-7,9,11-12H,2-5,8H2,(H,30,31)(H2,23,26,27)(H,25,28,32). The molecule has 3 aliphatic rings. The van der Waals surface area contributed by atoms with E-state index in [1.165, 1.54) is 41.1 Å². The van der Waals surface area contributed by atoms with Gasteiger partial charge in [-0.05, 0) is 165 Å². The van der Waals surface area contributed by atoms with Crippen LogP contribution in [0.4, 0.5) is 32.8 Å². The van der Waals surface area contributed by atoms with Gasteiger partial charge >= 0.3 is 11.9 Å². The third-order valence-corrected chi connectivity index (χ3v) is 21.3. The molecule has 3 aliphatic carbocycles. The largest absolute Gasteiger partial charge is 0.481 e. The third-order valence-electron chi connectivity index (χ3n) is 18.0. The van der Waals surface area contributed by atoms with Crippen LogP contribution in [0.3, 0.4) is 0 Å². The molecule has 30 nitrogen and oxygen atoms in total. The van der Waals surface area contributed by atoms with Crippen LogP contribution in [0, 0.1) is 17.8 Å². The van der Waals surface area contributed by atoms with Crippen molar-refractivity contribution in [3.63, 3.8) is 0 Å². The van der Waals surface area contributed by atoms with Crippen molar-refractivity contribution in [2.24, 2.45) is 23.5 Å². The van der Waals surface area contributed by atoms with Crippen LogP contribution in [0.25, 0.3) is 64.1 Å². The maximum atomic E-state index is 12.9. The van der Waals surface area contributed by atoms with Crippen LogP contribution in [-0.2, 0) is 52.8 Å². The van der Waals surface area contributed by atoms with Gasteiger partial charge in [0.2, 0.25) is 39.5 Å². The number of nitrogens with zero attached hydrogens (tertiary/aromatic N) is 15. The molecule has 36 heteroatoms. The average Bonchev–Trinajstić information content (AvgIpc) is 1.63. The van der Waals surface area contributed by atoms with Crippen LogP contribution in [0.15, 0.2) is 73.6 Å². The number of nitrogen functional groups attached to an aromatic ring is 3. The molecule has 0 spiro atoms. The van der Waals surface area contributed by atoms with Gasteiger partial charge in [0.15, 0.2) is 49.8 Å². The van der Waals surface area contributed by atoms with Crippen molar-refractivity contribution in [3.05, 3.63) is 106 Å². The number of benzene rings is 3. The van der Waals surface area contributed by atoms with Crippen molar-refractivity contribution in [2.75, 3.05) is 40.3 Å². The van der Waals surface area contributed by atoms with Gasteiger partial charge < -0.3 is 62.4 Å². The maximum absolute atomic E-state index is 12.9. The van der Waals surface area contributed by atoms with Crippen LogP contribution in [0.2, 0.25) is 15.9 Å². The number of carboxylic acids is 1. The van der Waals surface area contributed by atoms with Crippen LogP contribution in [0.5, 0.6) is 0 Å². The predicted molar refractivity (Wildman–Crippen MR) is 382 cm³/mol. The lowest BCUT2D eigenvalue weighted by Gasteiger charge is -2.28. The molecule has 12 aromatic rings. The summed E-state index contributed by atoms with van der Waals surface area (Å²) in [6.45, 7) is 0. The number of halogens is 3. The molecule has 0 atom stereocenters. The highest BCUT2D eigenvalue weighted by Crippen LogP contribution is 2.40. The number of esters is 1. The molecule has 0 radical (unpaired) electrons. The van der Waals surface area contributed by atoms with E-state index in [2.05, 4.69) is 75.8 Å². The third kappa shape index (κ3) is 15.4. The first kappa shape index (κ1) is 68.6. The highest BCUT2D eigenvalue weighted by atomic mass is 35.5. The Morgan fingerprint density at radius 2 is 0.780 bits per heavy atom. The number of hydrogen-bond donors (Lipinski definition) is 8. The summed E-state index contributed by atoms with van der Waals surface area (Å²) in [5.74, 6) is -1.23. The summed E-state index contributed by atoms with van der Waals surface area (Å²) in [7, 11) is 1.37. The van der Waals surface area contributed by atoms with Gasteiger partial charge in [-0.1, -0.05) is 52.2 Å². The number of anilines is 6. The molecule has 15 rings (SSSR count). The average molecular weight is 1470 g/mol. The van der Waals surface area contributed by atoms with Gasteiger partial charge in [-0.2, -0.15) is 29.9 Å². The Hall–Kier alpha value is -9.93. The van der Waals surface area contributed by atoms with E-state index < -0.39 is 5.97 Å². The Morgan fingerprint density at radius 1 is 0.470 bits per heavy atom. The molecule has 0 aliphatic heterocycles. The smallest absolute Gasteiger partial charge is 0.309 e. The number of fused-ring (bicyclic) bond motifs is 6. The highest BCUT2D eigenvalue weighted by molar-refractivity contribution is 7.23. The lowest BCUT2D eigenvalue weighted by atomic mass is 9.85. The van der Waals surface area contributed by atoms with Gasteiger partial charge in [-0.25, -0.2) is 29.9 Å². The number of ether oxygens (including phenoxy) is 1. The summed E-state index contributed by atoms with van der Waals surface area (Å²) in [6.07, 6.45) is 14.7. The molecule has 9 aromatic heterocycles. The quantitative estimate of drug-likeness (QED) is 0.0349. The number of hydrogen-bond acceptors (Lipinski definition) is 25. The molecule has 100 heavy (non-hydrogen) atoms. The second kappa shape index (κ2) is 29.5. The first-order chi connectivity index (χ1) is 48.1. The summed E-state index contributed by atoms with van der Waals surface area (Å²) in [5.41, 5.74) is 31.1. The number of aromatic nitrogens is 15. The number of carboxylic acid groups (broad SMARTS) is 1. The predicted octanol–water partition coefficient (Wildman–Crippen LogP) is 10.5. The zero-order valence-corrected chi connectivity index (χ0v) is 57.9. The number of aliphatic carboxylic acids is 1. The number of thiazole rings is 3. The molecule has 9 heterocycles. The zero-order chi connectivity index (χ0) is 70.0. The van der Waals surface area contributed by atoms with Crippen molar-refractivity contribution >= 4 is 201 Å². The van der Waals surface area contributed by atoms with Crippen molar-refractivity contribution in [2.45, 2.75) is 114 Å². The molecule has 3 saturated carbocycles. The number of carbonyl (C=O) groups excluding carboxylic acids is 5. The normalized spacial score (nSPS) is 18.5. The van der Waals surface area contributed by atoms with Crippen molar-refractivity contribution in [3.8, 4) is 0 Å². The number of amides is 4. The van der Waals surface area contributed by atoms with E-state index in [-0.39, 0.29) is 118 Å². The van der Waals surface area contributed by atoms with E-state index >= 15 is 0 Å². The zero-order valence-electron chi connectivity index (χ0n) is 53.2. The van der Waals surface area contributed by atoms with Crippen LogP contribution >= 0.6 is 68.8 Å². The van der Waals surface area contributed by atoms with Gasteiger partial charge in [0.05, 0.1) is 76.0 Å². The van der Waals surface area contributed by atoms with Gasteiger partial charge in [-0.15, -0.1) is 0 Å². The van der Waals surface area contributed by atoms with Gasteiger partial charge in [0, 0.05) is 35.9 Å². The van der Waals surface area contributed by atoms with E-state index in [4.69, 9.17) is 67.6 Å². The molecule has 0 bridgehead atoms. The van der Waals surface area contributed by atoms with Gasteiger partial charge in [0.1, 0.15) is 16.6 Å². The lowest BCUT2D eigenvalue weighted by molar-refractivity contribution is -0.140. The van der Waals surface area contributed by atoms with E-state index in [1.807, 2.05) is 50.1 Å². The Labute approximate surface area is 594 Å². The molecule has 3 aromatic carbocycles. The molecular weight excluding hydrogens is 1410 g/mol. The minimum Gasteiger partial charge on any atom is -0.481 e. The van der Waals surface area contributed by atoms with Crippen LogP contribution < -0.4 is 38.9 Å². The first-order valence-corrected chi connectivity index (χ1v) is 35.4. The minimum atomic E-state index is -0.884. The van der Waals surface area contributed by atoms with E-state index in [0.29, 0.717) is 54.4 Å². The fraction of sp³-hybridized carbons (Fsp3) is 0.344. The monoisotopic (exact) mass is 1470 g/mol. The summed E-state index contributed by atoms with van der Waals surface area (Å²) in [6, 6.07) is 17.0. The Kier molecular flexibility index (Phi) is 20.2. The molecule has 4 amide bonds. The number of rotatable bonds is 15. The number of nitrogens with two attached hydrogens (primary N) is 4. The maximum Gasteiger partial charge on any atom is 0.309 e. The van der Waals surface area contributed by atoms with Crippen LogP contribution in [-0.4, -0.2) is 121 Å². The lowest BCUT2D eigenvalue weighted by Crippen LogP contribution is -2.28. The Morgan fingerprint density at radius 3 is 1.08 bits per heavy atom. The minimum absolute atomic E-state index is 0.0302. The highest BCUT2D eigenvalue weighted by Gasteiger charge is 2.33. The van der Waals surface area contributed by atoms with E-state index in [0.717, 1.165) is 119 Å². The van der Waals surface area contributed by atoms with E-state index in [9.17, 15) is 28.8 Å². The summed E-state index contributed by atoms with van der Waals surface area (Å²) in [4.78, 5) is 123. The first-order valence-electron chi connectivity index (χ1n) is 31.8. The van der Waals surface area contributed by atoms with Crippen LogP contribution in [0.1, 0.15) is 112 Å². The van der Waals surface area contributed by atoms with E-state index in [1.54, 1.807) is 37.2 Å². The number of carbonyl (C=O) groups is 6. The van der Waals surface area contributed by atoms with Crippen molar-refractivity contribution < 1.29 is 38.6 Å². The fourth-order valence-corrected chi connectivity index (χ4v) is 16.3. The molecule has 0 saturated heterocycles. The number of imidazole rings is 3. The molecule has 516 valence electrons. The fourth-order valence-electron chi connectivity index (χ4n) is 13.0. The SMILES string of the molecule is COC(=O)Cc1ccc2nc(NC(=O)C3CCC(n4cnc5c(N)nc(Cl)nc54)CC3)sc2c1.NC(=O)Cc1ccc2nc(NC(=O)C3CCC(n4cnc5c(N)nc(Cl)nc54)CC3)sc2c1.Nc1nc(Cl)nc2c1ncn2C1CCC(C(=O)Nc2nc3ccc(CC(=O)O)cc3s2)CC1. The molecular formula is C64H63Cl3N22O8S3. The van der Waals surface area contributed by atoms with Crippen molar-refractivity contribution in [1.82, 2.24) is 73.5 Å². The molecule has 0 unspecified atom stereocenters. The number of nitrogens with one attached hydrogen (secondary N) is 3. The van der Waals surface area contributed by atoms with Gasteiger partial charge in [0.25, 0.3) is 0 Å². The molecule has 12 N–H and O–H groups in total. The Balaban J connectivity index is 0.000000134. The summed E-state index contributed by atoms with van der Waals surface area (Å²) in [5, 5.41) is 19.7.